The maximum atomic E-state index is 13.1. The van der Waals surface area contributed by atoms with Crippen molar-refractivity contribution >= 4 is 34.8 Å². The SMILES string of the molecule is O=C(c1ccc2c(c1)NNN2)N1C[C@@H]2[C@H](C1)[C@H]1CN(C(=O)c3cc(Cl)c(=O)n(CC(F)(F)F)c3)C[C@@H]21. The van der Waals surface area contributed by atoms with Crippen LogP contribution in [0.2, 0.25) is 5.02 Å². The molecule has 190 valence electrons. The van der Waals surface area contributed by atoms with Gasteiger partial charge in [0.15, 0.2) is 0 Å². The Labute approximate surface area is 208 Å². The number of carbonyl (C=O) groups excluding carboxylic acids is 2. The molecular weight excluding hydrogens is 501 g/mol. The smallest absolute Gasteiger partial charge is 0.338 e. The zero-order valence-corrected chi connectivity index (χ0v) is 19.6. The fourth-order valence-corrected chi connectivity index (χ4v) is 6.38. The molecule has 6 rings (SSSR count). The van der Waals surface area contributed by atoms with Crippen LogP contribution >= 0.6 is 11.6 Å². The van der Waals surface area contributed by atoms with Crippen LogP contribution < -0.4 is 21.9 Å². The van der Waals surface area contributed by atoms with Crippen molar-refractivity contribution in [2.75, 3.05) is 37.0 Å². The third kappa shape index (κ3) is 3.79. The number of hydrogen-bond acceptors (Lipinski definition) is 6. The number of anilines is 2. The van der Waals surface area contributed by atoms with E-state index in [0.29, 0.717) is 36.3 Å². The Balaban J connectivity index is 1.13. The van der Waals surface area contributed by atoms with Crippen molar-refractivity contribution < 1.29 is 22.8 Å². The molecule has 4 atom stereocenters. The summed E-state index contributed by atoms with van der Waals surface area (Å²) >= 11 is 5.85. The number of likely N-dealkylation sites (tertiary alicyclic amines) is 2. The first-order valence-corrected chi connectivity index (χ1v) is 11.9. The zero-order valence-electron chi connectivity index (χ0n) is 18.8. The van der Waals surface area contributed by atoms with Gasteiger partial charge in [-0.3, -0.25) is 14.4 Å². The van der Waals surface area contributed by atoms with Crippen LogP contribution in [0, 0.1) is 23.7 Å². The van der Waals surface area contributed by atoms with Crippen LogP contribution in [0.25, 0.3) is 0 Å². The van der Waals surface area contributed by atoms with E-state index < -0.39 is 29.2 Å². The Bertz CT molecular complexity index is 1310. The molecule has 36 heavy (non-hydrogen) atoms. The second-order valence-electron chi connectivity index (χ2n) is 9.84. The number of fused-ring (bicyclic) bond motifs is 5. The summed E-state index contributed by atoms with van der Waals surface area (Å²) in [5.41, 5.74) is 9.91. The number of alkyl halides is 3. The topological polar surface area (TPSA) is 98.7 Å². The van der Waals surface area contributed by atoms with Crippen molar-refractivity contribution in [3.05, 3.63) is 57.0 Å². The van der Waals surface area contributed by atoms with E-state index in [2.05, 4.69) is 16.4 Å². The molecule has 2 aromatic rings. The summed E-state index contributed by atoms with van der Waals surface area (Å²) in [6, 6.07) is 6.56. The summed E-state index contributed by atoms with van der Waals surface area (Å²) in [7, 11) is 0. The molecule has 0 spiro atoms. The van der Waals surface area contributed by atoms with Gasteiger partial charge in [-0.05, 0) is 47.9 Å². The Morgan fingerprint density at radius 1 is 0.889 bits per heavy atom. The number of nitrogens with one attached hydrogen (secondary N) is 3. The monoisotopic (exact) mass is 522 g/mol. The lowest BCUT2D eigenvalue weighted by atomic mass is 9.60. The quantitative estimate of drug-likeness (QED) is 0.573. The van der Waals surface area contributed by atoms with E-state index in [1.807, 2.05) is 11.0 Å². The molecule has 2 saturated heterocycles. The van der Waals surface area contributed by atoms with Gasteiger partial charge >= 0.3 is 6.18 Å². The second-order valence-corrected chi connectivity index (χ2v) is 10.2. The van der Waals surface area contributed by atoms with Crippen molar-refractivity contribution in [1.29, 1.82) is 0 Å². The second kappa shape index (κ2) is 8.13. The molecular formula is C23H22ClF3N6O3. The van der Waals surface area contributed by atoms with Gasteiger partial charge in [0.25, 0.3) is 17.4 Å². The molecule has 1 saturated carbocycles. The van der Waals surface area contributed by atoms with E-state index in [1.165, 1.54) is 0 Å². The van der Waals surface area contributed by atoms with Gasteiger partial charge in [-0.15, -0.1) is 5.53 Å². The average Bonchev–Trinajstić information content (AvgIpc) is 3.53. The van der Waals surface area contributed by atoms with Crippen LogP contribution in [0.1, 0.15) is 20.7 Å². The highest BCUT2D eigenvalue weighted by molar-refractivity contribution is 6.30. The van der Waals surface area contributed by atoms with Crippen LogP contribution in [0.3, 0.4) is 0 Å². The lowest BCUT2D eigenvalue weighted by molar-refractivity contribution is -0.141. The molecule has 1 aromatic heterocycles. The summed E-state index contributed by atoms with van der Waals surface area (Å²) in [5.74, 6) is 0.521. The third-order valence-corrected chi connectivity index (χ3v) is 8.07. The van der Waals surface area contributed by atoms with E-state index in [1.54, 1.807) is 17.0 Å². The third-order valence-electron chi connectivity index (χ3n) is 7.80. The number of benzene rings is 1. The fourth-order valence-electron chi connectivity index (χ4n) is 6.15. The fraction of sp³-hybridized carbons (Fsp3) is 0.435. The summed E-state index contributed by atoms with van der Waals surface area (Å²) in [4.78, 5) is 41.7. The molecule has 0 unspecified atom stereocenters. The average molecular weight is 523 g/mol. The number of rotatable bonds is 3. The minimum Gasteiger partial charge on any atom is -0.338 e. The number of nitrogens with zero attached hydrogens (tertiary/aromatic N) is 3. The molecule has 9 nitrogen and oxygen atoms in total. The van der Waals surface area contributed by atoms with Crippen LogP contribution in [0.15, 0.2) is 35.3 Å². The molecule has 3 aliphatic heterocycles. The van der Waals surface area contributed by atoms with Gasteiger partial charge in [-0.1, -0.05) is 11.6 Å². The minimum absolute atomic E-state index is 0.0338. The Morgan fingerprint density at radius 2 is 1.44 bits per heavy atom. The predicted octanol–water partition coefficient (Wildman–Crippen LogP) is 2.41. The van der Waals surface area contributed by atoms with Crippen LogP contribution in [-0.4, -0.2) is 58.5 Å². The molecule has 0 radical (unpaired) electrons. The molecule has 3 N–H and O–H groups in total. The number of aromatic nitrogens is 1. The van der Waals surface area contributed by atoms with E-state index in [-0.39, 0.29) is 35.1 Å². The highest BCUT2D eigenvalue weighted by atomic mass is 35.5. The first-order valence-electron chi connectivity index (χ1n) is 11.6. The summed E-state index contributed by atoms with van der Waals surface area (Å²) in [6.07, 6.45) is -3.69. The highest BCUT2D eigenvalue weighted by Gasteiger charge is 2.59. The van der Waals surface area contributed by atoms with E-state index in [9.17, 15) is 27.6 Å². The molecule has 1 aliphatic carbocycles. The molecule has 2 amide bonds. The summed E-state index contributed by atoms with van der Waals surface area (Å²) in [5, 5.41) is -0.424. The number of amides is 2. The summed E-state index contributed by atoms with van der Waals surface area (Å²) in [6.45, 7) is 0.622. The number of hydrazine groups is 2. The zero-order chi connectivity index (χ0) is 25.4. The maximum Gasteiger partial charge on any atom is 0.406 e. The van der Waals surface area contributed by atoms with Crippen molar-refractivity contribution in [2.24, 2.45) is 23.7 Å². The normalized spacial score (nSPS) is 26.0. The van der Waals surface area contributed by atoms with Gasteiger partial charge < -0.3 is 25.2 Å². The van der Waals surface area contributed by atoms with Crippen LogP contribution in [-0.2, 0) is 6.54 Å². The Kier molecular flexibility index (Phi) is 5.23. The van der Waals surface area contributed by atoms with Gasteiger partial charge in [0.2, 0.25) is 0 Å². The van der Waals surface area contributed by atoms with Gasteiger partial charge in [-0.25, -0.2) is 0 Å². The molecule has 4 heterocycles. The first-order chi connectivity index (χ1) is 17.1. The molecule has 4 aliphatic rings. The highest BCUT2D eigenvalue weighted by Crippen LogP contribution is 2.54. The number of pyridine rings is 1. The van der Waals surface area contributed by atoms with E-state index >= 15 is 0 Å². The molecule has 13 heteroatoms. The number of halogens is 4. The van der Waals surface area contributed by atoms with Crippen molar-refractivity contribution in [3.8, 4) is 0 Å². The minimum atomic E-state index is -4.62. The van der Waals surface area contributed by atoms with E-state index in [4.69, 9.17) is 11.6 Å². The van der Waals surface area contributed by atoms with Gasteiger partial charge in [0.1, 0.15) is 11.6 Å². The Morgan fingerprint density at radius 3 is 2.03 bits per heavy atom. The van der Waals surface area contributed by atoms with Crippen molar-refractivity contribution in [3.63, 3.8) is 0 Å². The van der Waals surface area contributed by atoms with Gasteiger partial charge in [0.05, 0.1) is 16.9 Å². The van der Waals surface area contributed by atoms with Gasteiger partial charge in [-0.2, -0.15) is 13.2 Å². The van der Waals surface area contributed by atoms with Crippen molar-refractivity contribution in [2.45, 2.75) is 12.7 Å². The largest absolute Gasteiger partial charge is 0.406 e. The summed E-state index contributed by atoms with van der Waals surface area (Å²) < 4.78 is 39.0. The van der Waals surface area contributed by atoms with Gasteiger partial charge in [0, 0.05) is 37.9 Å². The Hall–Kier alpha value is -3.25. The first kappa shape index (κ1) is 23.2. The lowest BCUT2D eigenvalue weighted by Gasteiger charge is -2.42. The van der Waals surface area contributed by atoms with Crippen molar-refractivity contribution in [1.82, 2.24) is 19.9 Å². The van der Waals surface area contributed by atoms with Crippen LogP contribution in [0.5, 0.6) is 0 Å². The molecule has 0 bridgehead atoms. The number of hydrogen-bond donors (Lipinski definition) is 3. The maximum absolute atomic E-state index is 13.1. The standard InChI is InChI=1S/C23H22ClF3N6O3/c24-17-3-12(5-33(22(17)36)10-23(25,26)27)21(35)32-8-15-13-6-31(7-14(13)16(15)9-32)20(34)11-1-2-18-19(4-11)29-30-28-18/h1-5,13-16,28-30H,6-10H2/t13-,14+,15+,16-. The number of carbonyl (C=O) groups is 2. The lowest BCUT2D eigenvalue weighted by Crippen LogP contribution is -2.44. The molecule has 1 aromatic carbocycles. The predicted molar refractivity (Wildman–Crippen MR) is 124 cm³/mol. The van der Waals surface area contributed by atoms with Crippen LogP contribution in [0.4, 0.5) is 24.5 Å². The molecule has 3 fully saturated rings. The van der Waals surface area contributed by atoms with E-state index in [0.717, 1.165) is 23.6 Å².